The number of benzene rings is 1. The molecule has 1 nitrogen and oxygen atoms in total. The lowest BCUT2D eigenvalue weighted by atomic mass is 9.78. The van der Waals surface area contributed by atoms with Crippen LogP contribution < -0.4 is 5.32 Å². The standard InChI is InChI=1S/C15H21F2N/c1-10-4-3-5-15(11(10)2)18-9-12-6-7-13(16)14(17)8-12/h6-8,10-11,15,18H,3-5,9H2,1-2H3. The van der Waals surface area contributed by atoms with E-state index in [1.807, 2.05) is 0 Å². The van der Waals surface area contributed by atoms with Crippen molar-refractivity contribution in [2.24, 2.45) is 11.8 Å². The van der Waals surface area contributed by atoms with Gasteiger partial charge in [0, 0.05) is 12.6 Å². The number of hydrogen-bond acceptors (Lipinski definition) is 1. The van der Waals surface area contributed by atoms with Gasteiger partial charge in [-0.15, -0.1) is 0 Å². The molecule has 0 saturated heterocycles. The van der Waals surface area contributed by atoms with Crippen molar-refractivity contribution in [2.45, 2.75) is 45.7 Å². The van der Waals surface area contributed by atoms with Crippen LogP contribution in [0.25, 0.3) is 0 Å². The zero-order chi connectivity index (χ0) is 13.1. The Labute approximate surface area is 108 Å². The quantitative estimate of drug-likeness (QED) is 0.862. The van der Waals surface area contributed by atoms with Crippen LogP contribution in [0, 0.1) is 23.5 Å². The van der Waals surface area contributed by atoms with Crippen molar-refractivity contribution in [3.05, 3.63) is 35.4 Å². The molecule has 0 aliphatic heterocycles. The van der Waals surface area contributed by atoms with Gasteiger partial charge in [0.1, 0.15) is 0 Å². The van der Waals surface area contributed by atoms with Crippen molar-refractivity contribution in [1.82, 2.24) is 5.32 Å². The van der Waals surface area contributed by atoms with Gasteiger partial charge in [0.05, 0.1) is 0 Å². The minimum Gasteiger partial charge on any atom is -0.310 e. The van der Waals surface area contributed by atoms with E-state index in [0.717, 1.165) is 11.5 Å². The maximum absolute atomic E-state index is 13.1. The second kappa shape index (κ2) is 5.79. The molecule has 0 aromatic heterocycles. The first-order chi connectivity index (χ1) is 8.58. The SMILES string of the molecule is CC1CCCC(NCc2ccc(F)c(F)c2)C1C. The third-order valence-corrected chi connectivity index (χ3v) is 4.26. The molecule has 1 fully saturated rings. The van der Waals surface area contributed by atoms with Gasteiger partial charge in [0.25, 0.3) is 0 Å². The van der Waals surface area contributed by atoms with Crippen molar-refractivity contribution >= 4 is 0 Å². The van der Waals surface area contributed by atoms with E-state index in [1.165, 1.54) is 31.4 Å². The molecule has 1 aromatic rings. The first-order valence-corrected chi connectivity index (χ1v) is 6.75. The Morgan fingerprint density at radius 2 is 1.94 bits per heavy atom. The third kappa shape index (κ3) is 3.08. The Morgan fingerprint density at radius 3 is 2.67 bits per heavy atom. The van der Waals surface area contributed by atoms with Crippen LogP contribution >= 0.6 is 0 Å². The Balaban J connectivity index is 1.92. The van der Waals surface area contributed by atoms with Crippen molar-refractivity contribution in [2.75, 3.05) is 0 Å². The van der Waals surface area contributed by atoms with E-state index in [1.54, 1.807) is 6.07 Å². The fraction of sp³-hybridized carbons (Fsp3) is 0.600. The number of rotatable bonds is 3. The van der Waals surface area contributed by atoms with Crippen LogP contribution in [0.3, 0.4) is 0 Å². The molecule has 2 rings (SSSR count). The molecule has 1 saturated carbocycles. The summed E-state index contributed by atoms with van der Waals surface area (Å²) in [7, 11) is 0. The minimum absolute atomic E-state index is 0.488. The normalized spacial score (nSPS) is 28.3. The second-order valence-electron chi connectivity index (χ2n) is 5.50. The average molecular weight is 253 g/mol. The second-order valence-corrected chi connectivity index (χ2v) is 5.50. The van der Waals surface area contributed by atoms with Crippen LogP contribution in [0.15, 0.2) is 18.2 Å². The zero-order valence-corrected chi connectivity index (χ0v) is 11.0. The fourth-order valence-corrected chi connectivity index (χ4v) is 2.77. The summed E-state index contributed by atoms with van der Waals surface area (Å²) in [5.74, 6) is -0.164. The van der Waals surface area contributed by atoms with Gasteiger partial charge in [-0.05, 0) is 36.0 Å². The minimum atomic E-state index is -0.779. The third-order valence-electron chi connectivity index (χ3n) is 4.26. The summed E-state index contributed by atoms with van der Waals surface area (Å²) in [6, 6.07) is 4.60. The van der Waals surface area contributed by atoms with Gasteiger partial charge in [0.15, 0.2) is 11.6 Å². The smallest absolute Gasteiger partial charge is 0.159 e. The van der Waals surface area contributed by atoms with E-state index in [4.69, 9.17) is 0 Å². The topological polar surface area (TPSA) is 12.0 Å². The number of hydrogen-bond donors (Lipinski definition) is 1. The van der Waals surface area contributed by atoms with Gasteiger partial charge in [-0.1, -0.05) is 32.8 Å². The molecule has 1 N–H and O–H groups in total. The fourth-order valence-electron chi connectivity index (χ4n) is 2.77. The number of nitrogens with one attached hydrogen (secondary N) is 1. The first-order valence-electron chi connectivity index (χ1n) is 6.75. The lowest BCUT2D eigenvalue weighted by Crippen LogP contribution is -2.40. The van der Waals surface area contributed by atoms with E-state index in [2.05, 4.69) is 19.2 Å². The van der Waals surface area contributed by atoms with E-state index in [9.17, 15) is 8.78 Å². The first kappa shape index (κ1) is 13.5. The molecule has 0 radical (unpaired) electrons. The van der Waals surface area contributed by atoms with E-state index in [0.29, 0.717) is 18.5 Å². The van der Waals surface area contributed by atoms with E-state index < -0.39 is 11.6 Å². The molecule has 3 heteroatoms. The molecule has 0 bridgehead atoms. The summed E-state index contributed by atoms with van der Waals surface area (Å²) >= 11 is 0. The Kier molecular flexibility index (Phi) is 4.33. The maximum Gasteiger partial charge on any atom is 0.159 e. The summed E-state index contributed by atoms with van der Waals surface area (Å²) in [4.78, 5) is 0. The highest BCUT2D eigenvalue weighted by atomic mass is 19.2. The lowest BCUT2D eigenvalue weighted by molar-refractivity contribution is 0.206. The van der Waals surface area contributed by atoms with Gasteiger partial charge < -0.3 is 5.32 Å². The molecule has 18 heavy (non-hydrogen) atoms. The maximum atomic E-state index is 13.1. The monoisotopic (exact) mass is 253 g/mol. The van der Waals surface area contributed by atoms with E-state index >= 15 is 0 Å². The summed E-state index contributed by atoms with van der Waals surface area (Å²) in [6.07, 6.45) is 3.72. The summed E-state index contributed by atoms with van der Waals surface area (Å²) in [6.45, 7) is 5.17. The van der Waals surface area contributed by atoms with E-state index in [-0.39, 0.29) is 0 Å². The summed E-state index contributed by atoms with van der Waals surface area (Å²) < 4.78 is 25.9. The largest absolute Gasteiger partial charge is 0.310 e. The Bertz CT molecular complexity index is 405. The zero-order valence-electron chi connectivity index (χ0n) is 11.0. The van der Waals surface area contributed by atoms with Gasteiger partial charge in [-0.2, -0.15) is 0 Å². The highest BCUT2D eigenvalue weighted by molar-refractivity contribution is 5.17. The molecule has 1 aliphatic rings. The number of halogens is 2. The average Bonchev–Trinajstić information content (AvgIpc) is 2.35. The molecule has 0 heterocycles. The summed E-state index contributed by atoms with van der Waals surface area (Å²) in [5.41, 5.74) is 0.805. The summed E-state index contributed by atoms with van der Waals surface area (Å²) in [5, 5.41) is 3.48. The Hall–Kier alpha value is -0.960. The van der Waals surface area contributed by atoms with Crippen molar-refractivity contribution in [3.63, 3.8) is 0 Å². The molecule has 3 atom stereocenters. The highest BCUT2D eigenvalue weighted by Gasteiger charge is 2.26. The van der Waals surface area contributed by atoms with Gasteiger partial charge in [0.2, 0.25) is 0 Å². The molecule has 100 valence electrons. The lowest BCUT2D eigenvalue weighted by Gasteiger charge is -2.34. The predicted octanol–water partition coefficient (Wildman–Crippen LogP) is 3.88. The molecule has 1 aromatic carbocycles. The highest BCUT2D eigenvalue weighted by Crippen LogP contribution is 2.29. The molecule has 1 aliphatic carbocycles. The van der Waals surface area contributed by atoms with Gasteiger partial charge >= 0.3 is 0 Å². The molecular weight excluding hydrogens is 232 g/mol. The molecule has 0 spiro atoms. The van der Waals surface area contributed by atoms with Crippen LogP contribution in [0.1, 0.15) is 38.7 Å². The van der Waals surface area contributed by atoms with Crippen LogP contribution in [-0.2, 0) is 6.54 Å². The van der Waals surface area contributed by atoms with Gasteiger partial charge in [-0.25, -0.2) is 8.78 Å². The Morgan fingerprint density at radius 1 is 1.17 bits per heavy atom. The van der Waals surface area contributed by atoms with Crippen molar-refractivity contribution < 1.29 is 8.78 Å². The van der Waals surface area contributed by atoms with Crippen LogP contribution in [0.5, 0.6) is 0 Å². The van der Waals surface area contributed by atoms with Crippen LogP contribution in [-0.4, -0.2) is 6.04 Å². The predicted molar refractivity (Wildman–Crippen MR) is 69.2 cm³/mol. The van der Waals surface area contributed by atoms with Crippen molar-refractivity contribution in [3.8, 4) is 0 Å². The van der Waals surface area contributed by atoms with Crippen molar-refractivity contribution in [1.29, 1.82) is 0 Å². The molecular formula is C15H21F2N. The van der Waals surface area contributed by atoms with Crippen LogP contribution in [0.4, 0.5) is 8.78 Å². The molecule has 0 amide bonds. The van der Waals surface area contributed by atoms with Gasteiger partial charge in [-0.3, -0.25) is 0 Å². The molecule has 3 unspecified atom stereocenters. The van der Waals surface area contributed by atoms with Crippen LogP contribution in [0.2, 0.25) is 0 Å².